The van der Waals surface area contributed by atoms with Crippen LogP contribution in [0.2, 0.25) is 0 Å². The van der Waals surface area contributed by atoms with E-state index >= 15 is 0 Å². The van der Waals surface area contributed by atoms with Crippen molar-refractivity contribution in [2.24, 2.45) is 28.6 Å². The molecule has 0 bridgehead atoms. The summed E-state index contributed by atoms with van der Waals surface area (Å²) in [7, 11) is 0. The molecule has 4 aliphatic carbocycles. The summed E-state index contributed by atoms with van der Waals surface area (Å²) in [5, 5.41) is 10.0. The van der Waals surface area contributed by atoms with Gasteiger partial charge in [-0.3, -0.25) is 4.79 Å². The number of ketones is 1. The van der Waals surface area contributed by atoms with Crippen LogP contribution in [-0.2, 0) is 4.79 Å². The van der Waals surface area contributed by atoms with E-state index in [2.05, 4.69) is 32.9 Å². The fraction of sp³-hybridized carbons (Fsp3) is 0.762. The highest BCUT2D eigenvalue weighted by atomic mass is 16.3. The van der Waals surface area contributed by atoms with Crippen molar-refractivity contribution in [1.82, 2.24) is 0 Å². The lowest BCUT2D eigenvalue weighted by Crippen LogP contribution is -2.53. The second kappa shape index (κ2) is 5.05. The summed E-state index contributed by atoms with van der Waals surface area (Å²) in [6.07, 6.45) is 11.3. The lowest BCUT2D eigenvalue weighted by molar-refractivity contribution is -0.138. The predicted octanol–water partition coefficient (Wildman–Crippen LogP) is 4.44. The SMILES string of the molecule is CCC1=CC[C@H]2[C@@H]3CC=C4CC(O)CC(=O)[C@]4(C)[C@H]3CC[C@]12C. The molecule has 6 atom stereocenters. The number of hydrogen-bond acceptors (Lipinski definition) is 2. The van der Waals surface area contributed by atoms with Gasteiger partial charge >= 0.3 is 0 Å². The minimum Gasteiger partial charge on any atom is -0.392 e. The first-order valence-corrected chi connectivity index (χ1v) is 9.51. The highest BCUT2D eigenvalue weighted by molar-refractivity contribution is 5.90. The first-order valence-electron chi connectivity index (χ1n) is 9.51. The molecule has 0 aromatic rings. The van der Waals surface area contributed by atoms with E-state index in [1.807, 2.05) is 0 Å². The molecule has 23 heavy (non-hydrogen) atoms. The van der Waals surface area contributed by atoms with E-state index in [4.69, 9.17) is 0 Å². The number of aliphatic hydroxyl groups excluding tert-OH is 1. The van der Waals surface area contributed by atoms with Crippen molar-refractivity contribution in [1.29, 1.82) is 0 Å². The Morgan fingerprint density at radius 1 is 1.17 bits per heavy atom. The predicted molar refractivity (Wildman–Crippen MR) is 91.9 cm³/mol. The molecule has 0 spiro atoms. The largest absolute Gasteiger partial charge is 0.392 e. The van der Waals surface area contributed by atoms with Crippen molar-refractivity contribution in [2.75, 3.05) is 0 Å². The number of aliphatic hydroxyl groups is 1. The fourth-order valence-corrected chi connectivity index (χ4v) is 6.70. The minimum atomic E-state index is -0.452. The van der Waals surface area contributed by atoms with E-state index < -0.39 is 6.10 Å². The third-order valence-corrected chi connectivity index (χ3v) is 8.06. The van der Waals surface area contributed by atoms with Crippen LogP contribution in [0.5, 0.6) is 0 Å². The number of carbonyl (C=O) groups is 1. The van der Waals surface area contributed by atoms with Crippen molar-refractivity contribution in [3.8, 4) is 0 Å². The molecule has 0 aliphatic heterocycles. The summed E-state index contributed by atoms with van der Waals surface area (Å²) in [5.74, 6) is 2.14. The first kappa shape index (κ1) is 15.6. The van der Waals surface area contributed by atoms with E-state index in [9.17, 15) is 9.90 Å². The minimum absolute atomic E-state index is 0.293. The van der Waals surface area contributed by atoms with Crippen LogP contribution in [-0.4, -0.2) is 17.0 Å². The average molecular weight is 314 g/mol. The van der Waals surface area contributed by atoms with Gasteiger partial charge in [-0.2, -0.15) is 0 Å². The van der Waals surface area contributed by atoms with E-state index in [0.717, 1.165) is 6.42 Å². The molecule has 2 fully saturated rings. The molecule has 0 amide bonds. The van der Waals surface area contributed by atoms with Crippen molar-refractivity contribution in [2.45, 2.75) is 71.8 Å². The second-order valence-corrected chi connectivity index (χ2v) is 8.80. The quantitative estimate of drug-likeness (QED) is 0.727. The molecule has 0 aromatic heterocycles. The molecule has 0 heterocycles. The van der Waals surface area contributed by atoms with E-state index in [0.29, 0.717) is 41.8 Å². The highest BCUT2D eigenvalue weighted by Gasteiger charge is 2.58. The summed E-state index contributed by atoms with van der Waals surface area (Å²) in [6, 6.07) is 0. The van der Waals surface area contributed by atoms with Gasteiger partial charge in [-0.25, -0.2) is 0 Å². The molecule has 0 aromatic carbocycles. The smallest absolute Gasteiger partial charge is 0.145 e. The van der Waals surface area contributed by atoms with Gasteiger partial charge in [0.1, 0.15) is 5.78 Å². The topological polar surface area (TPSA) is 37.3 Å². The van der Waals surface area contributed by atoms with Crippen molar-refractivity contribution in [3.05, 3.63) is 23.3 Å². The van der Waals surface area contributed by atoms with Gasteiger partial charge in [0.25, 0.3) is 0 Å². The van der Waals surface area contributed by atoms with Crippen molar-refractivity contribution in [3.63, 3.8) is 0 Å². The van der Waals surface area contributed by atoms with Gasteiger partial charge in [0, 0.05) is 6.42 Å². The van der Waals surface area contributed by atoms with Crippen LogP contribution in [0.3, 0.4) is 0 Å². The molecular formula is C21H30O2. The van der Waals surface area contributed by atoms with Gasteiger partial charge in [0.05, 0.1) is 11.5 Å². The van der Waals surface area contributed by atoms with Crippen LogP contribution < -0.4 is 0 Å². The molecule has 2 nitrogen and oxygen atoms in total. The van der Waals surface area contributed by atoms with Gasteiger partial charge < -0.3 is 5.11 Å². The Bertz CT molecular complexity index is 601. The molecular weight excluding hydrogens is 284 g/mol. The zero-order chi connectivity index (χ0) is 16.4. The van der Waals surface area contributed by atoms with Gasteiger partial charge in [0.2, 0.25) is 0 Å². The van der Waals surface area contributed by atoms with Crippen LogP contribution in [0.1, 0.15) is 65.7 Å². The molecule has 4 aliphatic rings. The molecule has 4 rings (SSSR count). The third kappa shape index (κ3) is 1.94. The Labute approximate surface area is 140 Å². The summed E-state index contributed by atoms with van der Waals surface area (Å²) < 4.78 is 0. The number of rotatable bonds is 1. The second-order valence-electron chi connectivity index (χ2n) is 8.80. The van der Waals surface area contributed by atoms with Crippen LogP contribution in [0.15, 0.2) is 23.3 Å². The van der Waals surface area contributed by atoms with Gasteiger partial charge in [-0.15, -0.1) is 0 Å². The Morgan fingerprint density at radius 2 is 1.96 bits per heavy atom. The van der Waals surface area contributed by atoms with Crippen LogP contribution in [0.4, 0.5) is 0 Å². The Balaban J connectivity index is 1.71. The maximum atomic E-state index is 12.9. The Hall–Kier alpha value is -0.890. The van der Waals surface area contributed by atoms with Crippen molar-refractivity contribution < 1.29 is 9.90 Å². The van der Waals surface area contributed by atoms with E-state index in [1.165, 1.54) is 31.3 Å². The maximum Gasteiger partial charge on any atom is 0.145 e. The summed E-state index contributed by atoms with van der Waals surface area (Å²) in [6.45, 7) is 6.96. The number of hydrogen-bond donors (Lipinski definition) is 1. The molecule has 126 valence electrons. The van der Waals surface area contributed by atoms with Gasteiger partial charge in [-0.05, 0) is 68.6 Å². The molecule has 2 heteroatoms. The summed E-state index contributed by atoms with van der Waals surface area (Å²) in [5.41, 5.74) is 2.98. The Morgan fingerprint density at radius 3 is 2.70 bits per heavy atom. The van der Waals surface area contributed by atoms with Crippen LogP contribution >= 0.6 is 0 Å². The van der Waals surface area contributed by atoms with E-state index in [1.54, 1.807) is 5.57 Å². The molecule has 2 saturated carbocycles. The molecule has 1 unspecified atom stereocenters. The number of fused-ring (bicyclic) bond motifs is 5. The standard InChI is InChI=1S/C21H30O2/c1-4-13-6-8-17-16-7-5-14-11-15(22)12-19(23)21(14,3)18(16)9-10-20(13,17)2/h5-6,15-18,22H,4,7-12H2,1-3H3/t15?,16-,17-,18-,20+,21-/m0/s1. The Kier molecular flexibility index (Phi) is 3.43. The van der Waals surface area contributed by atoms with Gasteiger partial charge in [-0.1, -0.05) is 37.1 Å². The zero-order valence-corrected chi connectivity index (χ0v) is 14.8. The highest BCUT2D eigenvalue weighted by Crippen LogP contribution is 2.64. The fourth-order valence-electron chi connectivity index (χ4n) is 6.70. The van der Waals surface area contributed by atoms with Crippen LogP contribution in [0, 0.1) is 28.6 Å². The lowest BCUT2D eigenvalue weighted by Gasteiger charge is -2.56. The number of allylic oxidation sites excluding steroid dienone is 3. The molecule has 0 radical (unpaired) electrons. The third-order valence-electron chi connectivity index (χ3n) is 8.06. The maximum absolute atomic E-state index is 12.9. The first-order chi connectivity index (χ1) is 10.9. The van der Waals surface area contributed by atoms with Crippen molar-refractivity contribution >= 4 is 5.78 Å². The monoisotopic (exact) mass is 314 g/mol. The normalized spacial score (nSPS) is 49.0. The zero-order valence-electron chi connectivity index (χ0n) is 14.8. The van der Waals surface area contributed by atoms with Crippen LogP contribution in [0.25, 0.3) is 0 Å². The number of Topliss-reactive ketones (excluding diaryl/α,β-unsaturated/α-hetero) is 1. The average Bonchev–Trinajstić information content (AvgIpc) is 2.85. The summed E-state index contributed by atoms with van der Waals surface area (Å²) >= 11 is 0. The molecule has 1 N–H and O–H groups in total. The van der Waals surface area contributed by atoms with E-state index in [-0.39, 0.29) is 5.41 Å². The van der Waals surface area contributed by atoms with Gasteiger partial charge in [0.15, 0.2) is 0 Å². The molecule has 0 saturated heterocycles. The number of carbonyl (C=O) groups excluding carboxylic acids is 1. The summed E-state index contributed by atoms with van der Waals surface area (Å²) in [4.78, 5) is 12.9. The lowest BCUT2D eigenvalue weighted by atomic mass is 9.47.